The predicted octanol–water partition coefficient (Wildman–Crippen LogP) is -0.679. The van der Waals surface area contributed by atoms with E-state index in [1.165, 1.54) is 12.0 Å². The van der Waals surface area contributed by atoms with Crippen molar-refractivity contribution in [1.29, 1.82) is 0 Å². The van der Waals surface area contributed by atoms with Crippen molar-refractivity contribution in [3.63, 3.8) is 0 Å². The molecular formula is C12H22N2O5. The van der Waals surface area contributed by atoms with E-state index in [4.69, 9.17) is 0 Å². The Kier molecular flexibility index (Phi) is 5.56. The first-order valence-electron chi connectivity index (χ1n) is 6.34. The second-order valence-corrected chi connectivity index (χ2v) is 5.19. The van der Waals surface area contributed by atoms with Crippen LogP contribution in [-0.4, -0.2) is 65.6 Å². The van der Waals surface area contributed by atoms with Gasteiger partial charge in [-0.15, -0.1) is 0 Å². The first-order chi connectivity index (χ1) is 8.85. The summed E-state index contributed by atoms with van der Waals surface area (Å²) in [5.74, 6) is -0.276. The van der Waals surface area contributed by atoms with E-state index in [1.807, 2.05) is 13.8 Å². The number of nitrogens with zero attached hydrogens (tertiary/aromatic N) is 1. The standard InChI is InChI=1S/C12H22N2O5/c1-7(2)4-8(11(17)19-3)13-12(18)14-5-9(15)10(16)6-14/h7-10,15-16H,4-6H2,1-3H3,(H,13,18)/t8-,9-,10+/m0/s1. The lowest BCUT2D eigenvalue weighted by molar-refractivity contribution is -0.143. The van der Waals surface area contributed by atoms with Gasteiger partial charge in [0.05, 0.1) is 32.4 Å². The van der Waals surface area contributed by atoms with Gasteiger partial charge in [0.25, 0.3) is 0 Å². The molecule has 110 valence electrons. The maximum absolute atomic E-state index is 11.9. The van der Waals surface area contributed by atoms with Gasteiger partial charge in [-0.25, -0.2) is 9.59 Å². The lowest BCUT2D eigenvalue weighted by Gasteiger charge is -2.22. The molecule has 7 nitrogen and oxygen atoms in total. The molecule has 0 unspecified atom stereocenters. The largest absolute Gasteiger partial charge is 0.467 e. The normalized spacial score (nSPS) is 24.4. The smallest absolute Gasteiger partial charge is 0.328 e. The lowest BCUT2D eigenvalue weighted by atomic mass is 10.0. The summed E-state index contributed by atoms with van der Waals surface area (Å²) in [7, 11) is 1.27. The van der Waals surface area contributed by atoms with E-state index in [0.29, 0.717) is 6.42 Å². The van der Waals surface area contributed by atoms with Crippen LogP contribution in [0.25, 0.3) is 0 Å². The van der Waals surface area contributed by atoms with Gasteiger partial charge in [0.15, 0.2) is 0 Å². The van der Waals surface area contributed by atoms with Gasteiger partial charge in [-0.2, -0.15) is 0 Å². The van der Waals surface area contributed by atoms with Gasteiger partial charge < -0.3 is 25.2 Å². The summed E-state index contributed by atoms with van der Waals surface area (Å²) in [6, 6.07) is -1.20. The predicted molar refractivity (Wildman–Crippen MR) is 67.4 cm³/mol. The van der Waals surface area contributed by atoms with Crippen molar-refractivity contribution < 1.29 is 24.5 Å². The zero-order valence-corrected chi connectivity index (χ0v) is 11.5. The van der Waals surface area contributed by atoms with Gasteiger partial charge >= 0.3 is 12.0 Å². The van der Waals surface area contributed by atoms with Crippen molar-refractivity contribution in [2.75, 3.05) is 20.2 Å². The zero-order chi connectivity index (χ0) is 14.6. The molecule has 1 heterocycles. The maximum Gasteiger partial charge on any atom is 0.328 e. The van der Waals surface area contributed by atoms with Gasteiger partial charge in [0.2, 0.25) is 0 Å². The van der Waals surface area contributed by atoms with Crippen molar-refractivity contribution in [2.24, 2.45) is 5.92 Å². The van der Waals surface area contributed by atoms with E-state index >= 15 is 0 Å². The third-order valence-corrected chi connectivity index (χ3v) is 3.04. The number of hydrogen-bond acceptors (Lipinski definition) is 5. The van der Waals surface area contributed by atoms with Crippen LogP contribution >= 0.6 is 0 Å². The Bertz CT molecular complexity index is 324. The van der Waals surface area contributed by atoms with E-state index in [-0.39, 0.29) is 19.0 Å². The Morgan fingerprint density at radius 3 is 2.26 bits per heavy atom. The Labute approximate surface area is 112 Å². The number of aliphatic hydroxyl groups is 2. The van der Waals surface area contributed by atoms with Gasteiger partial charge in [0.1, 0.15) is 6.04 Å². The highest BCUT2D eigenvalue weighted by Crippen LogP contribution is 2.12. The quantitative estimate of drug-likeness (QED) is 0.590. The van der Waals surface area contributed by atoms with Crippen LogP contribution in [0.1, 0.15) is 20.3 Å². The number of hydrogen-bond donors (Lipinski definition) is 3. The number of esters is 1. The third kappa shape index (κ3) is 4.36. The second kappa shape index (κ2) is 6.72. The molecule has 0 spiro atoms. The number of aliphatic hydroxyl groups excluding tert-OH is 2. The Hall–Kier alpha value is -1.34. The summed E-state index contributed by atoms with van der Waals surface area (Å²) < 4.78 is 4.65. The molecule has 3 N–H and O–H groups in total. The Morgan fingerprint density at radius 1 is 1.32 bits per heavy atom. The lowest BCUT2D eigenvalue weighted by Crippen LogP contribution is -2.48. The molecule has 1 fully saturated rings. The number of ether oxygens (including phenoxy) is 1. The minimum Gasteiger partial charge on any atom is -0.467 e. The van der Waals surface area contributed by atoms with Crippen LogP contribution in [0.5, 0.6) is 0 Å². The Balaban J connectivity index is 2.58. The summed E-state index contributed by atoms with van der Waals surface area (Å²) in [4.78, 5) is 24.8. The zero-order valence-electron chi connectivity index (χ0n) is 11.5. The minimum absolute atomic E-state index is 0.0581. The van der Waals surface area contributed by atoms with Crippen molar-refractivity contribution in [3.05, 3.63) is 0 Å². The van der Waals surface area contributed by atoms with Crippen molar-refractivity contribution in [3.8, 4) is 0 Å². The van der Waals surface area contributed by atoms with Crippen LogP contribution in [0, 0.1) is 5.92 Å². The van der Waals surface area contributed by atoms with Crippen molar-refractivity contribution in [1.82, 2.24) is 10.2 Å². The number of likely N-dealkylation sites (tertiary alicyclic amines) is 1. The molecular weight excluding hydrogens is 252 g/mol. The molecule has 0 aromatic carbocycles. The van der Waals surface area contributed by atoms with E-state index in [2.05, 4.69) is 10.1 Å². The molecule has 0 aromatic rings. The minimum atomic E-state index is -0.938. The fraction of sp³-hybridized carbons (Fsp3) is 0.833. The summed E-state index contributed by atoms with van der Waals surface area (Å²) >= 11 is 0. The highest BCUT2D eigenvalue weighted by atomic mass is 16.5. The third-order valence-electron chi connectivity index (χ3n) is 3.04. The molecule has 1 aliphatic rings. The molecule has 0 saturated carbocycles. The fourth-order valence-electron chi connectivity index (χ4n) is 2.00. The molecule has 7 heteroatoms. The van der Waals surface area contributed by atoms with Crippen LogP contribution in [0.2, 0.25) is 0 Å². The monoisotopic (exact) mass is 274 g/mol. The first kappa shape index (κ1) is 15.7. The average Bonchev–Trinajstić information content (AvgIpc) is 2.67. The molecule has 19 heavy (non-hydrogen) atoms. The van der Waals surface area contributed by atoms with Crippen LogP contribution < -0.4 is 5.32 Å². The Morgan fingerprint density at radius 2 is 1.84 bits per heavy atom. The number of amides is 2. The SMILES string of the molecule is COC(=O)[C@H](CC(C)C)NC(=O)N1C[C@@H](O)[C@@H](O)C1. The first-order valence-corrected chi connectivity index (χ1v) is 6.34. The molecule has 3 atom stereocenters. The highest BCUT2D eigenvalue weighted by molar-refractivity contribution is 5.83. The molecule has 0 bridgehead atoms. The molecule has 1 aliphatic heterocycles. The maximum atomic E-state index is 11.9. The van der Waals surface area contributed by atoms with Crippen molar-refractivity contribution in [2.45, 2.75) is 38.5 Å². The van der Waals surface area contributed by atoms with E-state index in [0.717, 1.165) is 0 Å². The number of nitrogens with one attached hydrogen (secondary N) is 1. The number of methoxy groups -OCH3 is 1. The average molecular weight is 274 g/mol. The van der Waals surface area contributed by atoms with Crippen LogP contribution in [0.3, 0.4) is 0 Å². The molecule has 0 aromatic heterocycles. The summed E-state index contributed by atoms with van der Waals surface area (Å²) in [6.45, 7) is 3.99. The van der Waals surface area contributed by atoms with Crippen LogP contribution in [0.15, 0.2) is 0 Å². The van der Waals surface area contributed by atoms with Gasteiger partial charge in [-0.3, -0.25) is 0 Å². The summed E-state index contributed by atoms with van der Waals surface area (Å²) in [5.41, 5.74) is 0. The molecule has 1 rings (SSSR count). The number of carbonyl (C=O) groups is 2. The van der Waals surface area contributed by atoms with Crippen LogP contribution in [0.4, 0.5) is 4.79 Å². The van der Waals surface area contributed by atoms with E-state index < -0.39 is 30.3 Å². The van der Waals surface area contributed by atoms with Crippen molar-refractivity contribution >= 4 is 12.0 Å². The summed E-state index contributed by atoms with van der Waals surface area (Å²) in [6.07, 6.45) is -1.41. The van der Waals surface area contributed by atoms with E-state index in [1.54, 1.807) is 0 Å². The molecule has 1 saturated heterocycles. The van der Waals surface area contributed by atoms with Gasteiger partial charge in [-0.05, 0) is 12.3 Å². The molecule has 2 amide bonds. The second-order valence-electron chi connectivity index (χ2n) is 5.19. The number of urea groups is 1. The molecule has 0 aliphatic carbocycles. The van der Waals surface area contributed by atoms with E-state index in [9.17, 15) is 19.8 Å². The molecule has 0 radical (unpaired) electrons. The van der Waals surface area contributed by atoms with Gasteiger partial charge in [-0.1, -0.05) is 13.8 Å². The number of β-amino-alcohol motifs (C(OH)–C–C–N with tert-alkyl or cyclic N) is 2. The number of rotatable bonds is 4. The fourth-order valence-corrected chi connectivity index (χ4v) is 2.00. The van der Waals surface area contributed by atoms with Crippen LogP contribution in [-0.2, 0) is 9.53 Å². The summed E-state index contributed by atoms with van der Waals surface area (Å²) in [5, 5.41) is 21.3. The topological polar surface area (TPSA) is 99.1 Å². The number of carbonyl (C=O) groups excluding carboxylic acids is 2. The highest BCUT2D eigenvalue weighted by Gasteiger charge is 2.34. The van der Waals surface area contributed by atoms with Gasteiger partial charge in [0, 0.05) is 0 Å².